The Kier molecular flexibility index (Phi) is 7.48. The number of ether oxygens (including phenoxy) is 1. The van der Waals surface area contributed by atoms with E-state index in [-0.39, 0.29) is 23.2 Å². The minimum atomic E-state index is -0.985. The fourth-order valence-electron chi connectivity index (χ4n) is 5.12. The summed E-state index contributed by atoms with van der Waals surface area (Å²) in [6.45, 7) is 6.40. The molecule has 1 aliphatic heterocycles. The molecule has 39 heavy (non-hydrogen) atoms. The molecule has 1 saturated heterocycles. The van der Waals surface area contributed by atoms with E-state index >= 15 is 0 Å². The fourth-order valence-corrected chi connectivity index (χ4v) is 5.12. The van der Waals surface area contributed by atoms with Crippen molar-refractivity contribution >= 4 is 22.6 Å². The largest absolute Gasteiger partial charge is 0.478 e. The molecule has 2 heterocycles. The molecule has 0 spiro atoms. The first kappa shape index (κ1) is 26.6. The van der Waals surface area contributed by atoms with Crippen LogP contribution in [-0.4, -0.2) is 50.3 Å². The molecule has 2 atom stereocenters. The molecule has 0 saturated carbocycles. The molecule has 3 aromatic carbocycles. The number of aryl methyl sites for hydroxylation is 2. The van der Waals surface area contributed by atoms with Gasteiger partial charge in [-0.1, -0.05) is 47.6 Å². The van der Waals surface area contributed by atoms with Gasteiger partial charge in [-0.15, -0.1) is 0 Å². The molecular weight excluding hydrogens is 494 g/mol. The number of benzene rings is 3. The smallest absolute Gasteiger partial charge is 0.335 e. The van der Waals surface area contributed by atoms with Crippen LogP contribution in [-0.2, 0) is 17.6 Å². The molecule has 8 nitrogen and oxygen atoms in total. The van der Waals surface area contributed by atoms with E-state index < -0.39 is 12.0 Å². The Balaban J connectivity index is 1.35. The van der Waals surface area contributed by atoms with Crippen molar-refractivity contribution < 1.29 is 24.0 Å². The SMILES string of the molecule is CC(C)(C)O[C@@H]1CC(c2nc(CCCc3ccccc3)no2)N(C(=O)c2ccc3cc(C(=O)O)ccc3c2)C1. The zero-order chi connectivity index (χ0) is 27.6. The maximum atomic E-state index is 13.8. The Morgan fingerprint density at radius 1 is 1.00 bits per heavy atom. The summed E-state index contributed by atoms with van der Waals surface area (Å²) in [4.78, 5) is 31.5. The first-order chi connectivity index (χ1) is 18.7. The second-order valence-corrected chi connectivity index (χ2v) is 11.0. The molecule has 1 aliphatic rings. The van der Waals surface area contributed by atoms with Crippen molar-refractivity contribution in [2.24, 2.45) is 0 Å². The Morgan fingerprint density at radius 2 is 1.69 bits per heavy atom. The number of hydrogen-bond donors (Lipinski definition) is 1. The van der Waals surface area contributed by atoms with E-state index in [1.807, 2.05) is 39.0 Å². The van der Waals surface area contributed by atoms with Gasteiger partial charge < -0.3 is 19.3 Å². The summed E-state index contributed by atoms with van der Waals surface area (Å²) in [7, 11) is 0. The highest BCUT2D eigenvalue weighted by molar-refractivity contribution is 6.00. The van der Waals surface area contributed by atoms with Gasteiger partial charge in [-0.05, 0) is 74.2 Å². The average molecular weight is 528 g/mol. The molecule has 1 fully saturated rings. The second kappa shape index (κ2) is 11.0. The third-order valence-electron chi connectivity index (χ3n) is 6.86. The lowest BCUT2D eigenvalue weighted by molar-refractivity contribution is -0.0535. The van der Waals surface area contributed by atoms with Crippen LogP contribution >= 0.6 is 0 Å². The number of fused-ring (bicyclic) bond motifs is 1. The van der Waals surface area contributed by atoms with Gasteiger partial charge in [0.1, 0.15) is 6.04 Å². The van der Waals surface area contributed by atoms with E-state index in [4.69, 9.17) is 9.26 Å². The molecule has 202 valence electrons. The van der Waals surface area contributed by atoms with Crippen LogP contribution in [0, 0.1) is 0 Å². The van der Waals surface area contributed by atoms with Crippen LogP contribution in [0.2, 0.25) is 0 Å². The zero-order valence-corrected chi connectivity index (χ0v) is 22.5. The van der Waals surface area contributed by atoms with Gasteiger partial charge in [-0.2, -0.15) is 4.98 Å². The predicted octanol–water partition coefficient (Wildman–Crippen LogP) is 5.87. The molecule has 8 heteroatoms. The van der Waals surface area contributed by atoms with Crippen molar-refractivity contribution in [1.82, 2.24) is 15.0 Å². The van der Waals surface area contributed by atoms with Crippen molar-refractivity contribution in [2.45, 2.75) is 64.2 Å². The summed E-state index contributed by atoms with van der Waals surface area (Å²) in [6.07, 6.45) is 2.89. The lowest BCUT2D eigenvalue weighted by atomic mass is 10.0. The molecule has 0 aliphatic carbocycles. The average Bonchev–Trinajstić information content (AvgIpc) is 3.54. The van der Waals surface area contributed by atoms with E-state index in [0.29, 0.717) is 36.7 Å². The van der Waals surface area contributed by atoms with Gasteiger partial charge in [-0.3, -0.25) is 4.79 Å². The highest BCUT2D eigenvalue weighted by Crippen LogP contribution is 2.36. The summed E-state index contributed by atoms with van der Waals surface area (Å²) >= 11 is 0. The van der Waals surface area contributed by atoms with Gasteiger partial charge in [-0.25, -0.2) is 4.79 Å². The standard InChI is InChI=1S/C31H33N3O5/c1-31(2,3)38-25-18-26(28-32-27(33-39-28)11-7-10-20-8-5-4-6-9-20)34(19-25)29(35)23-14-12-22-17-24(30(36)37)15-13-21(22)16-23/h4-6,8-9,12-17,25-26H,7,10-11,18-19H2,1-3H3,(H,36,37)/t25-,26?/m1/s1. The summed E-state index contributed by atoms with van der Waals surface area (Å²) in [5.41, 5.74) is 1.62. The first-order valence-electron chi connectivity index (χ1n) is 13.3. The summed E-state index contributed by atoms with van der Waals surface area (Å²) in [6, 6.07) is 20.1. The minimum Gasteiger partial charge on any atom is -0.478 e. The van der Waals surface area contributed by atoms with E-state index in [9.17, 15) is 14.7 Å². The van der Waals surface area contributed by atoms with E-state index in [1.165, 1.54) is 5.56 Å². The summed E-state index contributed by atoms with van der Waals surface area (Å²) in [5.74, 6) is -0.0905. The Hall–Kier alpha value is -4.04. The maximum Gasteiger partial charge on any atom is 0.335 e. The van der Waals surface area contributed by atoms with Crippen LogP contribution in [0.15, 0.2) is 71.3 Å². The number of carboxylic acid groups (broad SMARTS) is 1. The molecule has 0 radical (unpaired) electrons. The van der Waals surface area contributed by atoms with Gasteiger partial charge in [0.2, 0.25) is 5.89 Å². The summed E-state index contributed by atoms with van der Waals surface area (Å²) < 4.78 is 11.9. The fraction of sp³-hybridized carbons (Fsp3) is 0.355. The number of aromatic nitrogens is 2. The Bertz CT molecular complexity index is 1470. The molecule has 5 rings (SSSR count). The number of carbonyl (C=O) groups is 2. The lowest BCUT2D eigenvalue weighted by Crippen LogP contribution is -2.34. The number of carboxylic acids is 1. The highest BCUT2D eigenvalue weighted by Gasteiger charge is 2.41. The Morgan fingerprint density at radius 3 is 2.38 bits per heavy atom. The number of rotatable bonds is 8. The minimum absolute atomic E-state index is 0.159. The van der Waals surface area contributed by atoms with Crippen LogP contribution in [0.4, 0.5) is 0 Å². The molecule has 1 unspecified atom stereocenters. The number of amides is 1. The monoisotopic (exact) mass is 527 g/mol. The number of aromatic carboxylic acids is 1. The number of nitrogens with zero attached hydrogens (tertiary/aromatic N) is 3. The van der Waals surface area contributed by atoms with Crippen molar-refractivity contribution in [3.05, 3.63) is 95.1 Å². The molecule has 0 bridgehead atoms. The van der Waals surface area contributed by atoms with Crippen molar-refractivity contribution in [3.63, 3.8) is 0 Å². The van der Waals surface area contributed by atoms with Gasteiger partial charge in [0.15, 0.2) is 5.82 Å². The molecule has 1 aromatic heterocycles. The van der Waals surface area contributed by atoms with E-state index in [1.54, 1.807) is 41.3 Å². The second-order valence-electron chi connectivity index (χ2n) is 11.0. The van der Waals surface area contributed by atoms with Crippen LogP contribution < -0.4 is 0 Å². The van der Waals surface area contributed by atoms with Crippen LogP contribution in [0.1, 0.15) is 77.6 Å². The topological polar surface area (TPSA) is 106 Å². The summed E-state index contributed by atoms with van der Waals surface area (Å²) in [5, 5.41) is 15.0. The van der Waals surface area contributed by atoms with Crippen molar-refractivity contribution in [3.8, 4) is 0 Å². The van der Waals surface area contributed by atoms with Crippen LogP contribution in [0.25, 0.3) is 10.8 Å². The normalized spacial score (nSPS) is 17.6. The molecular formula is C31H33N3O5. The van der Waals surface area contributed by atoms with Gasteiger partial charge in [0.05, 0.1) is 17.3 Å². The van der Waals surface area contributed by atoms with Gasteiger partial charge >= 0.3 is 5.97 Å². The first-order valence-corrected chi connectivity index (χ1v) is 13.3. The highest BCUT2D eigenvalue weighted by atomic mass is 16.5. The predicted molar refractivity (Wildman–Crippen MR) is 147 cm³/mol. The van der Waals surface area contributed by atoms with Crippen LogP contribution in [0.3, 0.4) is 0 Å². The maximum absolute atomic E-state index is 13.8. The third-order valence-corrected chi connectivity index (χ3v) is 6.86. The quantitative estimate of drug-likeness (QED) is 0.306. The van der Waals surface area contributed by atoms with E-state index in [2.05, 4.69) is 22.3 Å². The number of hydrogen-bond acceptors (Lipinski definition) is 6. The number of likely N-dealkylation sites (tertiary alicyclic amines) is 1. The van der Waals surface area contributed by atoms with E-state index in [0.717, 1.165) is 23.6 Å². The van der Waals surface area contributed by atoms with Crippen molar-refractivity contribution in [1.29, 1.82) is 0 Å². The molecule has 4 aromatic rings. The van der Waals surface area contributed by atoms with Gasteiger partial charge in [0.25, 0.3) is 5.91 Å². The Labute approximate surface area is 227 Å². The van der Waals surface area contributed by atoms with Crippen molar-refractivity contribution in [2.75, 3.05) is 6.54 Å². The molecule has 1 N–H and O–H groups in total. The number of carbonyl (C=O) groups excluding carboxylic acids is 1. The van der Waals surface area contributed by atoms with Gasteiger partial charge in [0, 0.05) is 24.9 Å². The molecule has 1 amide bonds. The van der Waals surface area contributed by atoms with Crippen LogP contribution in [0.5, 0.6) is 0 Å². The zero-order valence-electron chi connectivity index (χ0n) is 22.5. The third kappa shape index (κ3) is 6.34. The lowest BCUT2D eigenvalue weighted by Gasteiger charge is -2.25.